The van der Waals surface area contributed by atoms with Crippen molar-refractivity contribution in [3.05, 3.63) is 59.4 Å². The number of pyridine rings is 1. The topological polar surface area (TPSA) is 96.8 Å². The van der Waals surface area contributed by atoms with Crippen molar-refractivity contribution in [1.29, 1.82) is 5.26 Å². The molecule has 0 saturated heterocycles. The largest absolute Gasteiger partial charge is 0.260 e. The molecule has 0 radical (unpaired) electrons. The first-order valence-corrected chi connectivity index (χ1v) is 7.00. The summed E-state index contributed by atoms with van der Waals surface area (Å²) in [5, 5.41) is 13.7. The molecule has 0 bridgehead atoms. The predicted molar refractivity (Wildman–Crippen MR) is 69.6 cm³/mol. The summed E-state index contributed by atoms with van der Waals surface area (Å²) in [4.78, 5) is 4.24. The smallest absolute Gasteiger partial charge is 0.238 e. The predicted octanol–water partition coefficient (Wildman–Crippen LogP) is 1.19. The van der Waals surface area contributed by atoms with Crippen molar-refractivity contribution < 1.29 is 8.42 Å². The van der Waals surface area contributed by atoms with Crippen molar-refractivity contribution in [1.82, 2.24) is 4.98 Å². The molecule has 0 aliphatic rings. The van der Waals surface area contributed by atoms with E-state index < -0.39 is 10.0 Å². The Labute approximate surface area is 111 Å². The van der Waals surface area contributed by atoms with E-state index >= 15 is 0 Å². The number of benzene rings is 1. The first kappa shape index (κ1) is 13.2. The Morgan fingerprint density at radius 3 is 2.32 bits per heavy atom. The molecule has 1 aromatic carbocycles. The van der Waals surface area contributed by atoms with Gasteiger partial charge in [0.05, 0.1) is 10.5 Å². The van der Waals surface area contributed by atoms with Crippen molar-refractivity contribution in [3.63, 3.8) is 0 Å². The fraction of sp³-hybridized carbons (Fsp3) is 0.0769. The van der Waals surface area contributed by atoms with Crippen LogP contribution >= 0.6 is 0 Å². The van der Waals surface area contributed by atoms with Gasteiger partial charge < -0.3 is 0 Å². The van der Waals surface area contributed by atoms with Crippen molar-refractivity contribution in [3.8, 4) is 6.07 Å². The molecule has 2 rings (SSSR count). The van der Waals surface area contributed by atoms with Crippen LogP contribution in [0.5, 0.6) is 0 Å². The van der Waals surface area contributed by atoms with Crippen LogP contribution in [0, 0.1) is 11.3 Å². The van der Waals surface area contributed by atoms with E-state index in [2.05, 4.69) is 4.98 Å². The molecule has 96 valence electrons. The van der Waals surface area contributed by atoms with Gasteiger partial charge in [-0.25, -0.2) is 13.6 Å². The van der Waals surface area contributed by atoms with Crippen LogP contribution in [-0.4, -0.2) is 13.4 Å². The average Bonchev–Trinajstić information content (AvgIpc) is 2.39. The van der Waals surface area contributed by atoms with E-state index in [1.54, 1.807) is 24.3 Å². The number of primary sulfonamides is 1. The number of nitrogens with two attached hydrogens (primary N) is 1. The second kappa shape index (κ2) is 5.18. The van der Waals surface area contributed by atoms with Crippen LogP contribution in [0.1, 0.15) is 16.8 Å². The zero-order valence-electron chi connectivity index (χ0n) is 9.95. The molecule has 0 unspecified atom stereocenters. The van der Waals surface area contributed by atoms with E-state index in [-0.39, 0.29) is 4.90 Å². The Morgan fingerprint density at radius 2 is 1.84 bits per heavy atom. The molecule has 2 N–H and O–H groups in total. The van der Waals surface area contributed by atoms with E-state index in [0.717, 1.165) is 11.3 Å². The Bertz CT molecular complexity index is 714. The van der Waals surface area contributed by atoms with Crippen LogP contribution in [0.2, 0.25) is 0 Å². The van der Waals surface area contributed by atoms with Gasteiger partial charge in [-0.15, -0.1) is 0 Å². The Hall–Kier alpha value is -2.23. The number of nitriles is 1. The molecule has 1 heterocycles. The molecule has 1 aromatic heterocycles. The van der Waals surface area contributed by atoms with E-state index in [4.69, 9.17) is 10.4 Å². The minimum absolute atomic E-state index is 0.0871. The standard InChI is InChI=1S/C13H11N3O2S/c14-8-11-1-4-12(16-9-11)7-10-2-5-13(6-3-10)19(15,17)18/h1-6,9H,7H2,(H2,15,17,18). The maximum atomic E-state index is 11.1. The van der Waals surface area contributed by atoms with Gasteiger partial charge in [-0.1, -0.05) is 12.1 Å². The van der Waals surface area contributed by atoms with Crippen LogP contribution in [0.3, 0.4) is 0 Å². The minimum atomic E-state index is -3.65. The number of rotatable bonds is 3. The Balaban J connectivity index is 2.17. The second-order valence-corrected chi connectivity index (χ2v) is 5.58. The van der Waals surface area contributed by atoms with Gasteiger partial charge in [-0.05, 0) is 29.8 Å². The highest BCUT2D eigenvalue weighted by Gasteiger charge is 2.07. The van der Waals surface area contributed by atoms with E-state index in [1.165, 1.54) is 18.3 Å². The maximum Gasteiger partial charge on any atom is 0.238 e. The lowest BCUT2D eigenvalue weighted by Crippen LogP contribution is -2.11. The third-order valence-corrected chi connectivity index (χ3v) is 3.52. The van der Waals surface area contributed by atoms with Crippen molar-refractivity contribution in [2.45, 2.75) is 11.3 Å². The monoisotopic (exact) mass is 273 g/mol. The molecular weight excluding hydrogens is 262 g/mol. The second-order valence-electron chi connectivity index (χ2n) is 4.02. The molecule has 0 aliphatic heterocycles. The number of aromatic nitrogens is 1. The highest BCUT2D eigenvalue weighted by Crippen LogP contribution is 2.12. The summed E-state index contributed by atoms with van der Waals surface area (Å²) in [7, 11) is -3.65. The SMILES string of the molecule is N#Cc1ccc(Cc2ccc(S(N)(=O)=O)cc2)nc1. The molecular formula is C13H11N3O2S. The van der Waals surface area contributed by atoms with Gasteiger partial charge in [0.1, 0.15) is 6.07 Å². The number of nitrogens with zero attached hydrogens (tertiary/aromatic N) is 2. The molecule has 5 nitrogen and oxygen atoms in total. The highest BCUT2D eigenvalue weighted by atomic mass is 32.2. The summed E-state index contributed by atoms with van der Waals surface area (Å²) in [5.41, 5.74) is 2.24. The zero-order chi connectivity index (χ0) is 13.9. The molecule has 0 fully saturated rings. The molecule has 19 heavy (non-hydrogen) atoms. The van der Waals surface area contributed by atoms with E-state index in [9.17, 15) is 8.42 Å². The summed E-state index contributed by atoms with van der Waals surface area (Å²) in [5.74, 6) is 0. The molecule has 2 aromatic rings. The summed E-state index contributed by atoms with van der Waals surface area (Å²) in [6.07, 6.45) is 2.07. The summed E-state index contributed by atoms with van der Waals surface area (Å²) in [6.45, 7) is 0. The third kappa shape index (κ3) is 3.37. The van der Waals surface area contributed by atoms with E-state index in [0.29, 0.717) is 12.0 Å². The fourth-order valence-corrected chi connectivity index (χ4v) is 2.12. The quantitative estimate of drug-likeness (QED) is 0.908. The normalized spacial score (nSPS) is 10.9. The van der Waals surface area contributed by atoms with Crippen molar-refractivity contribution in [2.75, 3.05) is 0 Å². The Kier molecular flexibility index (Phi) is 3.60. The maximum absolute atomic E-state index is 11.1. The van der Waals surface area contributed by atoms with Crippen LogP contribution in [0.25, 0.3) is 0 Å². The molecule has 6 heteroatoms. The van der Waals surface area contributed by atoms with Gasteiger partial charge in [-0.2, -0.15) is 5.26 Å². The van der Waals surface area contributed by atoms with Crippen molar-refractivity contribution in [2.24, 2.45) is 5.14 Å². The number of hydrogen-bond acceptors (Lipinski definition) is 4. The van der Waals surface area contributed by atoms with E-state index in [1.807, 2.05) is 6.07 Å². The lowest BCUT2D eigenvalue weighted by atomic mass is 10.1. The highest BCUT2D eigenvalue weighted by molar-refractivity contribution is 7.89. The summed E-state index contributed by atoms with van der Waals surface area (Å²) < 4.78 is 22.2. The molecule has 0 saturated carbocycles. The van der Waals surface area contributed by atoms with Gasteiger partial charge in [0.15, 0.2) is 0 Å². The first-order chi connectivity index (χ1) is 8.99. The van der Waals surface area contributed by atoms with Crippen LogP contribution in [0.4, 0.5) is 0 Å². The lowest BCUT2D eigenvalue weighted by molar-refractivity contribution is 0.598. The average molecular weight is 273 g/mol. The van der Waals surface area contributed by atoms with Crippen LogP contribution in [0.15, 0.2) is 47.5 Å². The summed E-state index contributed by atoms with van der Waals surface area (Å²) >= 11 is 0. The van der Waals surface area contributed by atoms with Gasteiger partial charge in [-0.3, -0.25) is 4.98 Å². The van der Waals surface area contributed by atoms with Gasteiger partial charge in [0.25, 0.3) is 0 Å². The number of sulfonamides is 1. The van der Waals surface area contributed by atoms with Crippen LogP contribution < -0.4 is 5.14 Å². The molecule has 0 atom stereocenters. The molecule has 0 aliphatic carbocycles. The first-order valence-electron chi connectivity index (χ1n) is 5.46. The van der Waals surface area contributed by atoms with Gasteiger partial charge in [0.2, 0.25) is 10.0 Å². The third-order valence-electron chi connectivity index (χ3n) is 2.59. The van der Waals surface area contributed by atoms with Gasteiger partial charge in [0, 0.05) is 18.3 Å². The minimum Gasteiger partial charge on any atom is -0.260 e. The number of hydrogen-bond donors (Lipinski definition) is 1. The van der Waals surface area contributed by atoms with Crippen molar-refractivity contribution >= 4 is 10.0 Å². The molecule has 0 spiro atoms. The molecule has 0 amide bonds. The van der Waals surface area contributed by atoms with Gasteiger partial charge >= 0.3 is 0 Å². The Morgan fingerprint density at radius 1 is 1.16 bits per heavy atom. The lowest BCUT2D eigenvalue weighted by Gasteiger charge is -2.03. The fourth-order valence-electron chi connectivity index (χ4n) is 1.60. The summed E-state index contributed by atoms with van der Waals surface area (Å²) in [6, 6.07) is 11.8. The van der Waals surface area contributed by atoms with Crippen LogP contribution in [-0.2, 0) is 16.4 Å². The zero-order valence-corrected chi connectivity index (χ0v) is 10.8.